The third-order valence-corrected chi connectivity index (χ3v) is 5.41. The molecule has 26 heavy (non-hydrogen) atoms. The number of nitrogens with zero attached hydrogens (tertiary/aromatic N) is 2. The Balaban J connectivity index is 2.64. The molecule has 1 N–H and O–H groups in total. The highest BCUT2D eigenvalue weighted by atomic mass is 32.2. The number of hydrogen-bond acceptors (Lipinski definition) is 4. The number of amides is 2. The summed E-state index contributed by atoms with van der Waals surface area (Å²) in [5.41, 5.74) is 0.811. The smallest absolute Gasteiger partial charge is 0.238 e. The quantitative estimate of drug-likeness (QED) is 0.630. The van der Waals surface area contributed by atoms with Crippen molar-refractivity contribution in [2.24, 2.45) is 0 Å². The van der Waals surface area contributed by atoms with E-state index in [1.807, 2.05) is 42.5 Å². The maximum atomic E-state index is 12.7. The standard InChI is InChI=1S/C20H33N3O2S/c1-7-15(3)23(16(4)8-2)20(25)14-22(5)13-19(24)21-17-11-9-10-12-18(17)26-6/h9-12,15-16H,7-8,13-14H2,1-6H3,(H,21,24)/t15-,16-/m1/s1. The zero-order chi connectivity index (χ0) is 19.7. The largest absolute Gasteiger partial charge is 0.336 e. The van der Waals surface area contributed by atoms with Crippen LogP contribution in [0.3, 0.4) is 0 Å². The fourth-order valence-electron chi connectivity index (χ4n) is 2.87. The molecule has 0 bridgehead atoms. The third-order valence-electron chi connectivity index (χ3n) is 4.62. The van der Waals surface area contributed by atoms with Crippen molar-refractivity contribution in [3.63, 3.8) is 0 Å². The van der Waals surface area contributed by atoms with Crippen LogP contribution >= 0.6 is 11.8 Å². The van der Waals surface area contributed by atoms with E-state index in [-0.39, 0.29) is 37.0 Å². The van der Waals surface area contributed by atoms with Gasteiger partial charge < -0.3 is 10.2 Å². The molecule has 0 radical (unpaired) electrons. The van der Waals surface area contributed by atoms with Crippen LogP contribution in [0.5, 0.6) is 0 Å². The number of thioether (sulfide) groups is 1. The zero-order valence-corrected chi connectivity index (χ0v) is 17.7. The van der Waals surface area contributed by atoms with Crippen LogP contribution in [-0.4, -0.2) is 60.1 Å². The van der Waals surface area contributed by atoms with Crippen LogP contribution in [0.25, 0.3) is 0 Å². The molecule has 5 nitrogen and oxygen atoms in total. The number of benzene rings is 1. The molecule has 0 heterocycles. The van der Waals surface area contributed by atoms with Gasteiger partial charge in [-0.1, -0.05) is 26.0 Å². The first-order valence-corrected chi connectivity index (χ1v) is 10.5. The highest BCUT2D eigenvalue weighted by Gasteiger charge is 2.24. The molecular formula is C20H33N3O2S. The van der Waals surface area contributed by atoms with Gasteiger partial charge in [0.1, 0.15) is 0 Å². The molecule has 2 amide bonds. The van der Waals surface area contributed by atoms with Crippen LogP contribution in [0.4, 0.5) is 5.69 Å². The topological polar surface area (TPSA) is 52.7 Å². The lowest BCUT2D eigenvalue weighted by Gasteiger charge is -2.35. The minimum atomic E-state index is -0.111. The van der Waals surface area contributed by atoms with Crippen molar-refractivity contribution in [3.05, 3.63) is 24.3 Å². The van der Waals surface area contributed by atoms with Crippen LogP contribution < -0.4 is 5.32 Å². The molecule has 0 spiro atoms. The Kier molecular flexibility index (Phi) is 9.73. The maximum absolute atomic E-state index is 12.7. The lowest BCUT2D eigenvalue weighted by Crippen LogP contribution is -2.49. The Hall–Kier alpha value is -1.53. The summed E-state index contributed by atoms with van der Waals surface area (Å²) < 4.78 is 0. The predicted octanol–water partition coefficient (Wildman–Crippen LogP) is 3.70. The predicted molar refractivity (Wildman–Crippen MR) is 111 cm³/mol. The first-order chi connectivity index (χ1) is 12.3. The van der Waals surface area contributed by atoms with E-state index in [0.717, 1.165) is 23.4 Å². The Morgan fingerprint density at radius 1 is 1.08 bits per heavy atom. The average molecular weight is 380 g/mol. The van der Waals surface area contributed by atoms with Crippen LogP contribution in [0, 0.1) is 0 Å². The van der Waals surface area contributed by atoms with Crippen molar-refractivity contribution in [2.75, 3.05) is 31.7 Å². The van der Waals surface area contributed by atoms with Gasteiger partial charge in [-0.05, 0) is 52.1 Å². The van der Waals surface area contributed by atoms with Crippen molar-refractivity contribution in [1.82, 2.24) is 9.80 Å². The van der Waals surface area contributed by atoms with Crippen LogP contribution in [0.2, 0.25) is 0 Å². The summed E-state index contributed by atoms with van der Waals surface area (Å²) in [6, 6.07) is 8.12. The molecule has 6 heteroatoms. The highest BCUT2D eigenvalue weighted by molar-refractivity contribution is 7.98. The SMILES string of the molecule is CC[C@@H](C)N(C(=O)CN(C)CC(=O)Nc1ccccc1SC)[C@H](C)CC. The van der Waals surface area contributed by atoms with Gasteiger partial charge in [-0.3, -0.25) is 14.5 Å². The molecule has 0 aliphatic rings. The lowest BCUT2D eigenvalue weighted by molar-refractivity contribution is -0.136. The van der Waals surface area contributed by atoms with E-state index in [4.69, 9.17) is 0 Å². The van der Waals surface area contributed by atoms with Gasteiger partial charge in [0.05, 0.1) is 18.8 Å². The summed E-state index contributed by atoms with van der Waals surface area (Å²) in [7, 11) is 1.81. The molecule has 0 aliphatic carbocycles. The molecule has 0 saturated carbocycles. The number of nitrogens with one attached hydrogen (secondary N) is 1. The van der Waals surface area contributed by atoms with Crippen molar-refractivity contribution in [3.8, 4) is 0 Å². The van der Waals surface area contributed by atoms with E-state index in [1.165, 1.54) is 0 Å². The molecule has 1 aromatic rings. The number of hydrogen-bond donors (Lipinski definition) is 1. The number of anilines is 1. The Morgan fingerprint density at radius 3 is 2.19 bits per heavy atom. The van der Waals surface area contributed by atoms with Gasteiger partial charge >= 0.3 is 0 Å². The molecule has 0 unspecified atom stereocenters. The van der Waals surface area contributed by atoms with Crippen molar-refractivity contribution < 1.29 is 9.59 Å². The molecule has 0 aromatic heterocycles. The van der Waals surface area contributed by atoms with Gasteiger partial charge in [0.15, 0.2) is 0 Å². The second-order valence-corrected chi connectivity index (χ2v) is 7.58. The summed E-state index contributed by atoms with van der Waals surface area (Å²) in [6.45, 7) is 8.77. The molecule has 1 aromatic carbocycles. The summed E-state index contributed by atoms with van der Waals surface area (Å²) in [5, 5.41) is 2.94. The number of carbonyl (C=O) groups is 2. The molecule has 1 rings (SSSR count). The summed E-state index contributed by atoms with van der Waals surface area (Å²) in [6.07, 6.45) is 3.83. The van der Waals surface area contributed by atoms with Crippen LogP contribution in [-0.2, 0) is 9.59 Å². The Morgan fingerprint density at radius 2 is 1.65 bits per heavy atom. The van der Waals surface area contributed by atoms with Gasteiger partial charge in [-0.25, -0.2) is 0 Å². The van der Waals surface area contributed by atoms with E-state index in [2.05, 4.69) is 33.0 Å². The van der Waals surface area contributed by atoms with Gasteiger partial charge in [0.25, 0.3) is 0 Å². The van der Waals surface area contributed by atoms with Crippen LogP contribution in [0.15, 0.2) is 29.2 Å². The summed E-state index contributed by atoms with van der Waals surface area (Å²) >= 11 is 1.59. The normalized spacial score (nSPS) is 13.3. The molecule has 2 atom stereocenters. The fourth-order valence-corrected chi connectivity index (χ4v) is 3.42. The van der Waals surface area contributed by atoms with Gasteiger partial charge in [-0.2, -0.15) is 0 Å². The van der Waals surface area contributed by atoms with Crippen molar-refractivity contribution in [2.45, 2.75) is 57.5 Å². The minimum Gasteiger partial charge on any atom is -0.336 e. The molecule has 146 valence electrons. The first-order valence-electron chi connectivity index (χ1n) is 9.26. The average Bonchev–Trinajstić information content (AvgIpc) is 2.61. The Labute approximate surface area is 162 Å². The van der Waals surface area contributed by atoms with Gasteiger partial charge in [0.2, 0.25) is 11.8 Å². The number of carbonyl (C=O) groups excluding carboxylic acids is 2. The molecule has 0 fully saturated rings. The first kappa shape index (κ1) is 22.5. The zero-order valence-electron chi connectivity index (χ0n) is 16.9. The lowest BCUT2D eigenvalue weighted by atomic mass is 10.1. The summed E-state index contributed by atoms with van der Waals surface area (Å²) in [4.78, 5) is 29.8. The maximum Gasteiger partial charge on any atom is 0.238 e. The van der Waals surface area contributed by atoms with E-state index < -0.39 is 0 Å². The van der Waals surface area contributed by atoms with E-state index in [0.29, 0.717) is 0 Å². The minimum absolute atomic E-state index is 0.0773. The van der Waals surface area contributed by atoms with Crippen molar-refractivity contribution in [1.29, 1.82) is 0 Å². The van der Waals surface area contributed by atoms with E-state index in [9.17, 15) is 9.59 Å². The Bertz CT molecular complexity index is 584. The second kappa shape index (κ2) is 11.2. The third kappa shape index (κ3) is 6.65. The number of para-hydroxylation sites is 1. The highest BCUT2D eigenvalue weighted by Crippen LogP contribution is 2.24. The van der Waals surface area contributed by atoms with Gasteiger partial charge in [-0.15, -0.1) is 11.8 Å². The molecule has 0 saturated heterocycles. The number of rotatable bonds is 10. The number of likely N-dealkylation sites (N-methyl/N-ethyl adjacent to an activating group) is 1. The molecular weight excluding hydrogens is 346 g/mol. The fraction of sp³-hybridized carbons (Fsp3) is 0.600. The van der Waals surface area contributed by atoms with Crippen molar-refractivity contribution >= 4 is 29.3 Å². The van der Waals surface area contributed by atoms with E-state index >= 15 is 0 Å². The van der Waals surface area contributed by atoms with Crippen LogP contribution in [0.1, 0.15) is 40.5 Å². The van der Waals surface area contributed by atoms with E-state index in [1.54, 1.807) is 16.7 Å². The molecule has 0 aliphatic heterocycles. The monoisotopic (exact) mass is 379 g/mol. The second-order valence-electron chi connectivity index (χ2n) is 6.74. The van der Waals surface area contributed by atoms with Gasteiger partial charge in [0, 0.05) is 17.0 Å². The summed E-state index contributed by atoms with van der Waals surface area (Å²) in [5.74, 6) is -0.0334.